The van der Waals surface area contributed by atoms with Crippen LogP contribution in [0.3, 0.4) is 0 Å². The van der Waals surface area contributed by atoms with E-state index in [0.29, 0.717) is 32.1 Å². The van der Waals surface area contributed by atoms with Crippen LogP contribution in [-0.2, 0) is 10.0 Å². The number of hydrogen-bond acceptors (Lipinski definition) is 7. The standard InChI is InChI=1S/C24H30N4O3S2/c1-17(19-7-8-25-15-19)31-23-14-20(13-22-24(23)32-16-26-22)18-3-5-21(6-4-18)27-9-11-28(12-10-27)33(2,29)30/h3-6,13-14,16-17,19,25H,7-12,15H2,1-2H3/t17-,19-/m1/s1. The lowest BCUT2D eigenvalue weighted by molar-refractivity contribution is 0.163. The van der Waals surface area contributed by atoms with E-state index in [1.165, 1.54) is 6.26 Å². The normalized spacial score (nSPS) is 20.9. The maximum Gasteiger partial charge on any atom is 0.211 e. The van der Waals surface area contributed by atoms with Crippen molar-refractivity contribution in [2.45, 2.75) is 19.4 Å². The largest absolute Gasteiger partial charge is 0.489 e. The highest BCUT2D eigenvalue weighted by Crippen LogP contribution is 2.36. The molecule has 2 saturated heterocycles. The number of anilines is 1. The van der Waals surface area contributed by atoms with Crippen molar-refractivity contribution in [1.82, 2.24) is 14.6 Å². The molecule has 1 aromatic heterocycles. The van der Waals surface area contributed by atoms with Crippen molar-refractivity contribution in [2.75, 3.05) is 50.4 Å². The van der Waals surface area contributed by atoms with Crippen LogP contribution in [0.25, 0.3) is 21.3 Å². The summed E-state index contributed by atoms with van der Waals surface area (Å²) in [5, 5.41) is 3.42. The molecule has 3 heterocycles. The van der Waals surface area contributed by atoms with E-state index >= 15 is 0 Å². The fourth-order valence-electron chi connectivity index (χ4n) is 4.71. The number of nitrogens with zero attached hydrogens (tertiary/aromatic N) is 3. The van der Waals surface area contributed by atoms with Gasteiger partial charge in [-0.15, -0.1) is 11.3 Å². The zero-order valence-electron chi connectivity index (χ0n) is 19.0. The molecule has 33 heavy (non-hydrogen) atoms. The third-order valence-corrected chi connectivity index (χ3v) is 8.91. The Kier molecular flexibility index (Phi) is 6.30. The molecule has 1 N–H and O–H groups in total. The van der Waals surface area contributed by atoms with Gasteiger partial charge in [0.2, 0.25) is 10.0 Å². The van der Waals surface area contributed by atoms with Crippen molar-refractivity contribution >= 4 is 37.3 Å². The van der Waals surface area contributed by atoms with E-state index in [1.807, 2.05) is 5.51 Å². The van der Waals surface area contributed by atoms with Gasteiger partial charge < -0.3 is 15.0 Å². The van der Waals surface area contributed by atoms with Gasteiger partial charge in [0.15, 0.2) is 0 Å². The van der Waals surface area contributed by atoms with Gasteiger partial charge in [0.25, 0.3) is 0 Å². The first-order valence-corrected chi connectivity index (χ1v) is 14.2. The summed E-state index contributed by atoms with van der Waals surface area (Å²) in [6.07, 6.45) is 2.57. The first-order valence-electron chi connectivity index (χ1n) is 11.4. The van der Waals surface area contributed by atoms with Gasteiger partial charge in [0, 0.05) is 44.3 Å². The quantitative estimate of drug-likeness (QED) is 0.576. The summed E-state index contributed by atoms with van der Waals surface area (Å²) in [7, 11) is -3.12. The van der Waals surface area contributed by atoms with Crippen molar-refractivity contribution in [2.24, 2.45) is 5.92 Å². The van der Waals surface area contributed by atoms with Gasteiger partial charge in [0.05, 0.1) is 22.0 Å². The van der Waals surface area contributed by atoms with Gasteiger partial charge in [0.1, 0.15) is 11.9 Å². The summed E-state index contributed by atoms with van der Waals surface area (Å²) in [5.41, 5.74) is 6.16. The molecule has 2 aliphatic heterocycles. The minimum absolute atomic E-state index is 0.147. The van der Waals surface area contributed by atoms with Gasteiger partial charge >= 0.3 is 0 Å². The highest BCUT2D eigenvalue weighted by molar-refractivity contribution is 7.88. The van der Waals surface area contributed by atoms with E-state index in [9.17, 15) is 8.42 Å². The number of benzene rings is 2. The molecule has 0 saturated carbocycles. The maximum absolute atomic E-state index is 11.8. The Bertz CT molecular complexity index is 1210. The number of thiazole rings is 1. The Labute approximate surface area is 199 Å². The van der Waals surface area contributed by atoms with Gasteiger partial charge in [-0.2, -0.15) is 4.31 Å². The predicted molar refractivity (Wildman–Crippen MR) is 135 cm³/mol. The lowest BCUT2D eigenvalue weighted by atomic mass is 10.0. The average molecular weight is 487 g/mol. The third kappa shape index (κ3) is 4.87. The Morgan fingerprint density at radius 1 is 1.12 bits per heavy atom. The number of ether oxygens (including phenoxy) is 1. The van der Waals surface area contributed by atoms with Crippen LogP contribution in [0.1, 0.15) is 13.3 Å². The summed E-state index contributed by atoms with van der Waals surface area (Å²) in [5.74, 6) is 1.43. The topological polar surface area (TPSA) is 74.8 Å². The number of nitrogens with one attached hydrogen (secondary N) is 1. The van der Waals surface area contributed by atoms with Crippen LogP contribution in [0.5, 0.6) is 5.75 Å². The first-order chi connectivity index (χ1) is 15.9. The van der Waals surface area contributed by atoms with Crippen LogP contribution in [0.15, 0.2) is 41.9 Å². The van der Waals surface area contributed by atoms with E-state index in [-0.39, 0.29) is 6.10 Å². The van der Waals surface area contributed by atoms with Crippen LogP contribution < -0.4 is 15.0 Å². The Morgan fingerprint density at radius 3 is 2.55 bits per heavy atom. The Morgan fingerprint density at radius 2 is 1.88 bits per heavy atom. The first kappa shape index (κ1) is 22.6. The molecule has 9 heteroatoms. The number of aromatic nitrogens is 1. The molecule has 176 valence electrons. The molecule has 0 spiro atoms. The van der Waals surface area contributed by atoms with Gasteiger partial charge in [-0.25, -0.2) is 13.4 Å². The second kappa shape index (κ2) is 9.21. The fourth-order valence-corrected chi connectivity index (χ4v) is 6.26. The molecular weight excluding hydrogens is 456 g/mol. The summed E-state index contributed by atoms with van der Waals surface area (Å²) in [4.78, 5) is 6.79. The SMILES string of the molecule is C[C@@H](Oc1cc(-c2ccc(N3CCN(S(C)(=O)=O)CC3)cc2)cc2ncsc12)[C@@H]1CCNC1. The molecule has 7 nitrogen and oxygen atoms in total. The van der Waals surface area contributed by atoms with Crippen molar-refractivity contribution < 1.29 is 13.2 Å². The van der Waals surface area contributed by atoms with Crippen LogP contribution in [0.2, 0.25) is 0 Å². The molecule has 0 aliphatic carbocycles. The van der Waals surface area contributed by atoms with Crippen LogP contribution in [0.4, 0.5) is 5.69 Å². The molecule has 2 fully saturated rings. The molecule has 3 aromatic rings. The number of piperazine rings is 1. The minimum Gasteiger partial charge on any atom is -0.489 e. The molecule has 2 aliphatic rings. The number of sulfonamides is 1. The highest BCUT2D eigenvalue weighted by Gasteiger charge is 2.25. The molecule has 5 rings (SSSR count). The molecule has 2 atom stereocenters. The van der Waals surface area contributed by atoms with Gasteiger partial charge in [-0.1, -0.05) is 12.1 Å². The predicted octanol–water partition coefficient (Wildman–Crippen LogP) is 3.42. The highest BCUT2D eigenvalue weighted by atomic mass is 32.2. The number of hydrogen-bond donors (Lipinski definition) is 1. The summed E-state index contributed by atoms with van der Waals surface area (Å²) in [6, 6.07) is 12.7. The van der Waals surface area contributed by atoms with E-state index < -0.39 is 10.0 Å². The van der Waals surface area contributed by atoms with E-state index in [2.05, 4.69) is 58.5 Å². The van der Waals surface area contributed by atoms with Crippen LogP contribution >= 0.6 is 11.3 Å². The molecule has 2 aromatic carbocycles. The number of fused-ring (bicyclic) bond motifs is 1. The van der Waals surface area contributed by atoms with Crippen molar-refractivity contribution in [3.63, 3.8) is 0 Å². The molecular formula is C24H30N4O3S2. The lowest BCUT2D eigenvalue weighted by Crippen LogP contribution is -2.48. The maximum atomic E-state index is 11.8. The van der Waals surface area contributed by atoms with Crippen LogP contribution in [-0.4, -0.2) is 69.3 Å². The zero-order chi connectivity index (χ0) is 23.0. The van der Waals surface area contributed by atoms with E-state index in [4.69, 9.17) is 4.74 Å². The molecule has 0 radical (unpaired) electrons. The monoisotopic (exact) mass is 486 g/mol. The van der Waals surface area contributed by atoms with Gasteiger partial charge in [-0.05, 0) is 55.3 Å². The van der Waals surface area contributed by atoms with E-state index in [0.717, 1.165) is 52.3 Å². The van der Waals surface area contributed by atoms with Crippen LogP contribution in [0, 0.1) is 5.92 Å². The summed E-state index contributed by atoms with van der Waals surface area (Å²) >= 11 is 1.62. The number of rotatable bonds is 6. The average Bonchev–Trinajstić information content (AvgIpc) is 3.51. The van der Waals surface area contributed by atoms with Gasteiger partial charge in [-0.3, -0.25) is 0 Å². The van der Waals surface area contributed by atoms with Crippen molar-refractivity contribution in [3.05, 3.63) is 41.9 Å². The lowest BCUT2D eigenvalue weighted by Gasteiger charge is -2.34. The Hall–Kier alpha value is -2.20. The minimum atomic E-state index is -3.12. The molecule has 0 bridgehead atoms. The second-order valence-electron chi connectivity index (χ2n) is 8.95. The van der Waals surface area contributed by atoms with Crippen molar-refractivity contribution in [3.8, 4) is 16.9 Å². The van der Waals surface area contributed by atoms with E-state index in [1.54, 1.807) is 15.6 Å². The summed E-state index contributed by atoms with van der Waals surface area (Å²) < 4.78 is 32.6. The van der Waals surface area contributed by atoms with Crippen molar-refractivity contribution in [1.29, 1.82) is 0 Å². The fraction of sp³-hybridized carbons (Fsp3) is 0.458. The second-order valence-corrected chi connectivity index (χ2v) is 11.8. The third-order valence-electron chi connectivity index (χ3n) is 6.75. The zero-order valence-corrected chi connectivity index (χ0v) is 20.7. The smallest absolute Gasteiger partial charge is 0.211 e. The molecule has 0 amide bonds. The summed E-state index contributed by atoms with van der Waals surface area (Å²) in [6.45, 7) is 6.67. The molecule has 0 unspecified atom stereocenters. The Balaban J connectivity index is 1.35.